The molecule has 0 aromatic carbocycles. The third-order valence-electron chi connectivity index (χ3n) is 5.08. The molecule has 0 spiro atoms. The molecule has 5 heteroatoms. The standard InChI is InChI=1S/C15H27N3O2/c1-11-6-5-7-15(9-11,17(2)3)10-16-12-8-13(19)18(4)14(12)20/h11-12,16H,5-10H2,1-4H3. The molecule has 1 heterocycles. The first-order valence-corrected chi connectivity index (χ1v) is 7.57. The molecule has 5 nitrogen and oxygen atoms in total. The van der Waals surface area contributed by atoms with Crippen LogP contribution in [0.25, 0.3) is 0 Å². The molecule has 1 aliphatic heterocycles. The van der Waals surface area contributed by atoms with Crippen molar-refractivity contribution in [1.82, 2.24) is 15.1 Å². The minimum atomic E-state index is -0.332. The minimum Gasteiger partial charge on any atom is -0.304 e. The van der Waals surface area contributed by atoms with Gasteiger partial charge in [-0.25, -0.2) is 0 Å². The van der Waals surface area contributed by atoms with Gasteiger partial charge in [0.1, 0.15) is 0 Å². The second kappa shape index (κ2) is 5.82. The fraction of sp³-hybridized carbons (Fsp3) is 0.867. The molecule has 1 saturated carbocycles. The van der Waals surface area contributed by atoms with Crippen LogP contribution in [0.1, 0.15) is 39.0 Å². The molecule has 114 valence electrons. The molecule has 0 bridgehead atoms. The monoisotopic (exact) mass is 281 g/mol. The van der Waals surface area contributed by atoms with Gasteiger partial charge < -0.3 is 10.2 Å². The maximum atomic E-state index is 12.0. The Bertz CT molecular complexity index is 397. The van der Waals surface area contributed by atoms with E-state index in [0.717, 1.165) is 25.3 Å². The van der Waals surface area contributed by atoms with Crippen LogP contribution in [0, 0.1) is 5.92 Å². The van der Waals surface area contributed by atoms with Crippen LogP contribution in [-0.4, -0.2) is 60.9 Å². The SMILES string of the molecule is CC1CCCC(CNC2CC(=O)N(C)C2=O)(N(C)C)C1. The molecule has 1 N–H and O–H groups in total. The molecule has 20 heavy (non-hydrogen) atoms. The Kier molecular flexibility index (Phi) is 4.49. The number of nitrogens with zero attached hydrogens (tertiary/aromatic N) is 2. The van der Waals surface area contributed by atoms with Crippen molar-refractivity contribution >= 4 is 11.8 Å². The molecule has 2 amide bonds. The highest BCUT2D eigenvalue weighted by Crippen LogP contribution is 2.35. The van der Waals surface area contributed by atoms with Crippen molar-refractivity contribution in [3.63, 3.8) is 0 Å². The highest BCUT2D eigenvalue weighted by Gasteiger charge is 2.40. The van der Waals surface area contributed by atoms with Crippen LogP contribution in [0.4, 0.5) is 0 Å². The Morgan fingerprint density at radius 1 is 1.40 bits per heavy atom. The predicted molar refractivity (Wildman–Crippen MR) is 78.2 cm³/mol. The molecule has 2 rings (SSSR count). The van der Waals surface area contributed by atoms with Gasteiger partial charge in [-0.1, -0.05) is 19.8 Å². The van der Waals surface area contributed by atoms with Gasteiger partial charge in [0.25, 0.3) is 0 Å². The van der Waals surface area contributed by atoms with Gasteiger partial charge in [0, 0.05) is 19.1 Å². The first-order valence-electron chi connectivity index (χ1n) is 7.57. The first-order chi connectivity index (χ1) is 9.35. The number of likely N-dealkylation sites (tertiary alicyclic amines) is 1. The first kappa shape index (κ1) is 15.4. The van der Waals surface area contributed by atoms with Gasteiger partial charge >= 0.3 is 0 Å². The lowest BCUT2D eigenvalue weighted by molar-refractivity contribution is -0.137. The van der Waals surface area contributed by atoms with Crippen LogP contribution in [0.5, 0.6) is 0 Å². The van der Waals surface area contributed by atoms with Crippen LogP contribution < -0.4 is 5.32 Å². The summed E-state index contributed by atoms with van der Waals surface area (Å²) in [5.74, 6) is 0.549. The zero-order valence-electron chi connectivity index (χ0n) is 13.1. The maximum absolute atomic E-state index is 12.0. The van der Waals surface area contributed by atoms with E-state index in [1.807, 2.05) is 0 Å². The van der Waals surface area contributed by atoms with Crippen molar-refractivity contribution in [2.45, 2.75) is 50.6 Å². The fourth-order valence-electron chi connectivity index (χ4n) is 3.59. The lowest BCUT2D eigenvalue weighted by atomic mass is 9.75. The lowest BCUT2D eigenvalue weighted by Crippen LogP contribution is -2.56. The third kappa shape index (κ3) is 2.88. The summed E-state index contributed by atoms with van der Waals surface area (Å²) < 4.78 is 0. The average Bonchev–Trinajstić information content (AvgIpc) is 2.64. The van der Waals surface area contributed by atoms with E-state index in [2.05, 4.69) is 31.2 Å². The van der Waals surface area contributed by atoms with Crippen molar-refractivity contribution in [3.05, 3.63) is 0 Å². The highest BCUT2D eigenvalue weighted by molar-refractivity contribution is 6.05. The van der Waals surface area contributed by atoms with E-state index in [0.29, 0.717) is 6.42 Å². The second-order valence-corrected chi connectivity index (χ2v) is 6.75. The molecular weight excluding hydrogens is 254 g/mol. The van der Waals surface area contributed by atoms with Crippen LogP contribution >= 0.6 is 0 Å². The summed E-state index contributed by atoms with van der Waals surface area (Å²) in [4.78, 5) is 27.1. The number of amides is 2. The molecule has 3 unspecified atom stereocenters. The molecule has 0 radical (unpaired) electrons. The normalized spacial score (nSPS) is 35.1. The molecule has 0 aromatic heterocycles. The van der Waals surface area contributed by atoms with Crippen LogP contribution in [0.3, 0.4) is 0 Å². The molecule has 0 aromatic rings. The number of carbonyl (C=O) groups excluding carboxylic acids is 2. The number of hydrogen-bond donors (Lipinski definition) is 1. The molecular formula is C15H27N3O2. The summed E-state index contributed by atoms with van der Waals surface area (Å²) in [6.07, 6.45) is 5.13. The van der Waals surface area contributed by atoms with Crippen molar-refractivity contribution in [2.75, 3.05) is 27.7 Å². The third-order valence-corrected chi connectivity index (χ3v) is 5.08. The van der Waals surface area contributed by atoms with Gasteiger partial charge in [0.15, 0.2) is 0 Å². The topological polar surface area (TPSA) is 52.7 Å². The van der Waals surface area contributed by atoms with E-state index in [9.17, 15) is 9.59 Å². The Morgan fingerprint density at radius 2 is 2.10 bits per heavy atom. The summed E-state index contributed by atoms with van der Waals surface area (Å²) >= 11 is 0. The summed E-state index contributed by atoms with van der Waals surface area (Å²) in [6, 6.07) is -0.332. The Balaban J connectivity index is 2.00. The number of carbonyl (C=O) groups is 2. The number of rotatable bonds is 4. The number of likely N-dealkylation sites (N-methyl/N-ethyl adjacent to an activating group) is 2. The van der Waals surface area contributed by atoms with Gasteiger partial charge in [-0.3, -0.25) is 14.5 Å². The Labute approximate surface area is 121 Å². The predicted octanol–water partition coefficient (Wildman–Crippen LogP) is 0.844. The smallest absolute Gasteiger partial charge is 0.246 e. The van der Waals surface area contributed by atoms with Gasteiger partial charge in [-0.15, -0.1) is 0 Å². The zero-order valence-corrected chi connectivity index (χ0v) is 13.1. The highest BCUT2D eigenvalue weighted by atomic mass is 16.2. The van der Waals surface area contributed by atoms with Crippen LogP contribution in [0.2, 0.25) is 0 Å². The van der Waals surface area contributed by atoms with E-state index in [1.54, 1.807) is 7.05 Å². The van der Waals surface area contributed by atoms with Gasteiger partial charge in [0.2, 0.25) is 11.8 Å². The maximum Gasteiger partial charge on any atom is 0.246 e. The molecule has 2 fully saturated rings. The van der Waals surface area contributed by atoms with Crippen molar-refractivity contribution in [1.29, 1.82) is 0 Å². The summed E-state index contributed by atoms with van der Waals surface area (Å²) in [5.41, 5.74) is 0.113. The summed E-state index contributed by atoms with van der Waals surface area (Å²) in [6.45, 7) is 3.08. The molecule has 3 atom stereocenters. The van der Waals surface area contributed by atoms with Crippen molar-refractivity contribution in [2.24, 2.45) is 5.92 Å². The second-order valence-electron chi connectivity index (χ2n) is 6.75. The lowest BCUT2D eigenvalue weighted by Gasteiger charge is -2.45. The molecule has 1 aliphatic carbocycles. The Hall–Kier alpha value is -0.940. The van der Waals surface area contributed by atoms with Gasteiger partial charge in [-0.2, -0.15) is 0 Å². The van der Waals surface area contributed by atoms with E-state index >= 15 is 0 Å². The summed E-state index contributed by atoms with van der Waals surface area (Å²) in [7, 11) is 5.80. The zero-order chi connectivity index (χ0) is 14.9. The molecule has 1 saturated heterocycles. The van der Waals surface area contributed by atoms with E-state index < -0.39 is 0 Å². The van der Waals surface area contributed by atoms with Gasteiger partial charge in [-0.05, 0) is 32.9 Å². The largest absolute Gasteiger partial charge is 0.304 e. The van der Waals surface area contributed by atoms with Crippen LogP contribution in [0.15, 0.2) is 0 Å². The minimum absolute atomic E-state index is 0.0802. The van der Waals surface area contributed by atoms with Crippen molar-refractivity contribution in [3.8, 4) is 0 Å². The van der Waals surface area contributed by atoms with E-state index in [1.165, 1.54) is 17.7 Å². The fourth-order valence-corrected chi connectivity index (χ4v) is 3.59. The quantitative estimate of drug-likeness (QED) is 0.776. The number of hydrogen-bond acceptors (Lipinski definition) is 4. The summed E-state index contributed by atoms with van der Waals surface area (Å²) in [5, 5.41) is 3.35. The van der Waals surface area contributed by atoms with Crippen molar-refractivity contribution < 1.29 is 9.59 Å². The van der Waals surface area contributed by atoms with E-state index in [-0.39, 0.29) is 23.4 Å². The van der Waals surface area contributed by atoms with Crippen LogP contribution in [-0.2, 0) is 9.59 Å². The Morgan fingerprint density at radius 3 is 2.60 bits per heavy atom. The van der Waals surface area contributed by atoms with E-state index in [4.69, 9.17) is 0 Å². The molecule has 2 aliphatic rings. The average molecular weight is 281 g/mol. The van der Waals surface area contributed by atoms with Gasteiger partial charge in [0.05, 0.1) is 12.5 Å². The number of nitrogens with one attached hydrogen (secondary N) is 1. The number of imide groups is 1.